The fourth-order valence-corrected chi connectivity index (χ4v) is 5.32. The minimum absolute atomic E-state index is 0.0625. The summed E-state index contributed by atoms with van der Waals surface area (Å²) >= 11 is 0. The predicted octanol–water partition coefficient (Wildman–Crippen LogP) is 0.835. The minimum Gasteiger partial charge on any atom is -0.484 e. The van der Waals surface area contributed by atoms with Crippen LogP contribution in [-0.2, 0) is 11.2 Å². The van der Waals surface area contributed by atoms with E-state index in [9.17, 15) is 14.7 Å². The highest BCUT2D eigenvalue weighted by Crippen LogP contribution is 2.54. The highest BCUT2D eigenvalue weighted by atomic mass is 16.5. The van der Waals surface area contributed by atoms with Crippen molar-refractivity contribution in [2.75, 3.05) is 29.9 Å². The van der Waals surface area contributed by atoms with Crippen molar-refractivity contribution in [3.05, 3.63) is 47.9 Å². The van der Waals surface area contributed by atoms with E-state index in [2.05, 4.69) is 20.3 Å². The zero-order valence-corrected chi connectivity index (χ0v) is 18.1. The first-order valence-corrected chi connectivity index (χ1v) is 11.0. The molecule has 4 heterocycles. The number of nitrogens with one attached hydrogen (secondary N) is 1. The van der Waals surface area contributed by atoms with Crippen molar-refractivity contribution in [2.45, 2.75) is 18.9 Å². The first-order chi connectivity index (χ1) is 15.9. The van der Waals surface area contributed by atoms with Gasteiger partial charge in [-0.05, 0) is 30.9 Å². The summed E-state index contributed by atoms with van der Waals surface area (Å²) in [5.74, 6) is 0.568. The number of aliphatic hydroxyl groups excluding tert-OH is 1. The van der Waals surface area contributed by atoms with Gasteiger partial charge in [-0.1, -0.05) is 0 Å². The topological polar surface area (TPSA) is 135 Å². The molecule has 2 aromatic heterocycles. The Hall–Kier alpha value is -3.66. The molecule has 2 fully saturated rings. The van der Waals surface area contributed by atoms with Crippen LogP contribution in [0.2, 0.25) is 0 Å². The normalized spacial score (nSPS) is 27.2. The van der Waals surface area contributed by atoms with Crippen LogP contribution in [0, 0.1) is 17.8 Å². The molecule has 4 N–H and O–H groups in total. The highest BCUT2D eigenvalue weighted by molar-refractivity contribution is 6.09. The van der Waals surface area contributed by atoms with Crippen molar-refractivity contribution in [1.82, 2.24) is 14.6 Å². The molecule has 1 saturated carbocycles. The van der Waals surface area contributed by atoms with Gasteiger partial charge in [0.25, 0.3) is 5.91 Å². The number of ether oxygens (including phenoxy) is 1. The van der Waals surface area contributed by atoms with Gasteiger partial charge in [0.2, 0.25) is 5.91 Å². The van der Waals surface area contributed by atoms with E-state index in [-0.39, 0.29) is 36.2 Å². The summed E-state index contributed by atoms with van der Waals surface area (Å²) in [4.78, 5) is 31.2. The number of aromatic nitrogens is 3. The lowest BCUT2D eigenvalue weighted by Gasteiger charge is -2.25. The Labute approximate surface area is 189 Å². The number of fused-ring (bicyclic) bond motifs is 3. The molecule has 3 aliphatic rings. The zero-order valence-electron chi connectivity index (χ0n) is 18.1. The van der Waals surface area contributed by atoms with Crippen LogP contribution in [-0.4, -0.2) is 56.8 Å². The van der Waals surface area contributed by atoms with Gasteiger partial charge in [-0.3, -0.25) is 9.59 Å². The third-order valence-electron chi connectivity index (χ3n) is 7.07. The van der Waals surface area contributed by atoms with Crippen molar-refractivity contribution in [1.29, 1.82) is 0 Å². The molecule has 2 amide bonds. The molecule has 0 bridgehead atoms. The number of amides is 2. The Morgan fingerprint density at radius 2 is 2.12 bits per heavy atom. The molecule has 4 atom stereocenters. The van der Waals surface area contributed by atoms with Gasteiger partial charge in [-0.25, -0.2) is 9.50 Å². The van der Waals surface area contributed by atoms with Gasteiger partial charge in [-0.15, -0.1) is 0 Å². The Bertz CT molecular complexity index is 1290. The number of carbonyl (C=O) groups is 2. The molecule has 0 unspecified atom stereocenters. The van der Waals surface area contributed by atoms with Crippen LogP contribution in [0.15, 0.2) is 36.8 Å². The fraction of sp³-hybridized carbons (Fsp3) is 0.391. The second kappa shape index (κ2) is 6.92. The summed E-state index contributed by atoms with van der Waals surface area (Å²) in [5.41, 5.74) is 8.06. The first kappa shape index (κ1) is 20.0. The number of nitrogens with zero attached hydrogens (tertiary/aromatic N) is 4. The molecule has 2 aliphatic heterocycles. The van der Waals surface area contributed by atoms with Crippen LogP contribution >= 0.6 is 0 Å². The predicted molar refractivity (Wildman–Crippen MR) is 119 cm³/mol. The van der Waals surface area contributed by atoms with Crippen molar-refractivity contribution >= 4 is 28.8 Å². The maximum absolute atomic E-state index is 13.2. The SMILES string of the molecule is C[C@@]1(CO)Cc2cc(NC(=O)c3cnn4cccnc34)c(N3C[C@@H]4[C@H](C3)[C@H]4C(N)=O)cc2O1. The second-order valence-electron chi connectivity index (χ2n) is 9.43. The largest absolute Gasteiger partial charge is 0.484 e. The van der Waals surface area contributed by atoms with E-state index in [0.29, 0.717) is 42.2 Å². The van der Waals surface area contributed by atoms with E-state index in [0.717, 1.165) is 11.3 Å². The number of nitrogens with two attached hydrogens (primary N) is 1. The van der Waals surface area contributed by atoms with Gasteiger partial charge in [0.05, 0.1) is 24.2 Å². The third-order valence-corrected chi connectivity index (χ3v) is 7.07. The van der Waals surface area contributed by atoms with Crippen molar-refractivity contribution in [3.63, 3.8) is 0 Å². The van der Waals surface area contributed by atoms with Crippen molar-refractivity contribution in [2.24, 2.45) is 23.5 Å². The summed E-state index contributed by atoms with van der Waals surface area (Å²) in [5, 5.41) is 17.0. The molecule has 170 valence electrons. The molecule has 6 rings (SSSR count). The fourth-order valence-electron chi connectivity index (χ4n) is 5.32. The van der Waals surface area contributed by atoms with E-state index >= 15 is 0 Å². The van der Waals surface area contributed by atoms with Crippen LogP contribution in [0.25, 0.3) is 5.65 Å². The molecule has 1 aromatic carbocycles. The van der Waals surface area contributed by atoms with Gasteiger partial charge in [0.15, 0.2) is 5.65 Å². The molecule has 0 spiro atoms. The van der Waals surface area contributed by atoms with Crippen molar-refractivity contribution in [3.8, 4) is 5.75 Å². The molecule has 33 heavy (non-hydrogen) atoms. The Kier molecular flexibility index (Phi) is 4.19. The first-order valence-electron chi connectivity index (χ1n) is 11.0. The number of primary amides is 1. The molecule has 10 nitrogen and oxygen atoms in total. The highest BCUT2D eigenvalue weighted by Gasteiger charge is 2.59. The number of hydrogen-bond acceptors (Lipinski definition) is 7. The molecular formula is C23H24N6O4. The van der Waals surface area contributed by atoms with E-state index in [1.54, 1.807) is 23.0 Å². The Morgan fingerprint density at radius 1 is 1.33 bits per heavy atom. The summed E-state index contributed by atoms with van der Waals surface area (Å²) in [7, 11) is 0. The van der Waals surface area contributed by atoms with E-state index < -0.39 is 5.60 Å². The number of anilines is 2. The lowest BCUT2D eigenvalue weighted by atomic mass is 9.99. The lowest BCUT2D eigenvalue weighted by Crippen LogP contribution is -2.34. The number of piperidine rings is 1. The summed E-state index contributed by atoms with van der Waals surface area (Å²) in [6.45, 7) is 3.13. The Balaban J connectivity index is 1.34. The third kappa shape index (κ3) is 3.12. The van der Waals surface area contributed by atoms with Crippen LogP contribution in [0.3, 0.4) is 0 Å². The average Bonchev–Trinajstić information content (AvgIpc) is 3.15. The van der Waals surface area contributed by atoms with Gasteiger partial charge in [-0.2, -0.15) is 5.10 Å². The maximum Gasteiger partial charge on any atom is 0.261 e. The van der Waals surface area contributed by atoms with E-state index in [4.69, 9.17) is 10.5 Å². The van der Waals surface area contributed by atoms with Crippen LogP contribution in [0.4, 0.5) is 11.4 Å². The second-order valence-corrected chi connectivity index (χ2v) is 9.43. The van der Waals surface area contributed by atoms with Gasteiger partial charge >= 0.3 is 0 Å². The molecule has 1 saturated heterocycles. The summed E-state index contributed by atoms with van der Waals surface area (Å²) < 4.78 is 7.60. The number of aliphatic hydroxyl groups is 1. The molecule has 1 aliphatic carbocycles. The van der Waals surface area contributed by atoms with E-state index in [1.807, 2.05) is 19.1 Å². The molecule has 3 aromatic rings. The van der Waals surface area contributed by atoms with Crippen LogP contribution in [0.1, 0.15) is 22.8 Å². The standard InChI is InChI=1S/C23H24N6O4/c1-23(11-30)7-12-5-16(27-22(32)13-8-26-29-4-2-3-25-21(13)29)17(6-18(12)33-23)28-9-14-15(10-28)19(14)20(24)31/h2-6,8,14-15,19,30H,7,9-11H2,1H3,(H2,24,31)(H,27,32)/t14-,15+,19+,23-/m0/s1. The quantitative estimate of drug-likeness (QED) is 0.526. The number of rotatable bonds is 5. The van der Waals surface area contributed by atoms with E-state index in [1.165, 1.54) is 6.20 Å². The monoisotopic (exact) mass is 448 g/mol. The smallest absolute Gasteiger partial charge is 0.261 e. The number of carbonyl (C=O) groups excluding carboxylic acids is 2. The van der Waals surface area contributed by atoms with Gasteiger partial charge in [0, 0.05) is 49.5 Å². The summed E-state index contributed by atoms with van der Waals surface area (Å²) in [6.07, 6.45) is 5.39. The average molecular weight is 448 g/mol. The van der Waals surface area contributed by atoms with Crippen LogP contribution in [0.5, 0.6) is 5.75 Å². The molecule has 0 radical (unpaired) electrons. The maximum atomic E-state index is 13.2. The molecular weight excluding hydrogens is 424 g/mol. The van der Waals surface area contributed by atoms with Crippen molar-refractivity contribution < 1.29 is 19.4 Å². The summed E-state index contributed by atoms with van der Waals surface area (Å²) in [6, 6.07) is 5.58. The lowest BCUT2D eigenvalue weighted by molar-refractivity contribution is -0.119. The minimum atomic E-state index is -0.696. The van der Waals surface area contributed by atoms with Crippen LogP contribution < -0.4 is 20.7 Å². The number of hydrogen-bond donors (Lipinski definition) is 3. The van der Waals surface area contributed by atoms with Gasteiger partial charge < -0.3 is 25.8 Å². The Morgan fingerprint density at radius 3 is 2.85 bits per heavy atom. The van der Waals surface area contributed by atoms with Gasteiger partial charge in [0.1, 0.15) is 16.9 Å². The zero-order chi connectivity index (χ0) is 22.9. The number of benzene rings is 1. The molecule has 10 heteroatoms.